The predicted molar refractivity (Wildman–Crippen MR) is 460 cm³/mol. The Hall–Kier alpha value is -12.6. The van der Waals surface area contributed by atoms with E-state index in [1.54, 1.807) is 129 Å². The van der Waals surface area contributed by atoms with Gasteiger partial charge in [0.1, 0.15) is 142 Å². The van der Waals surface area contributed by atoms with Gasteiger partial charge in [-0.3, -0.25) is 4.79 Å². The lowest BCUT2D eigenvalue weighted by molar-refractivity contribution is -0.128. The number of carboxylic acid groups (broad SMARTS) is 1. The van der Waals surface area contributed by atoms with Crippen LogP contribution in [0, 0.1) is 5.95 Å². The number of ether oxygens (including phenoxy) is 8. The van der Waals surface area contributed by atoms with Crippen LogP contribution in [0.3, 0.4) is 0 Å². The fraction of sp³-hybridized carbons (Fsp3) is 0.393. The Balaban J connectivity index is 0.000000168. The maximum atomic E-state index is 13.6. The van der Waals surface area contributed by atoms with E-state index in [0.29, 0.717) is 161 Å². The number of carboxylic acids is 1. The molecule has 680 valence electrons. The topological polar surface area (TPSA) is 343 Å². The summed E-state index contributed by atoms with van der Waals surface area (Å²) < 4.78 is 132. The van der Waals surface area contributed by atoms with Crippen LogP contribution in [0.2, 0.25) is 0 Å². The molecule has 0 aliphatic carbocycles. The van der Waals surface area contributed by atoms with Crippen molar-refractivity contribution < 1.29 is 113 Å². The van der Waals surface area contributed by atoms with E-state index in [-0.39, 0.29) is 71.5 Å². The van der Waals surface area contributed by atoms with Crippen molar-refractivity contribution in [3.63, 3.8) is 0 Å². The summed E-state index contributed by atoms with van der Waals surface area (Å²) in [5, 5.41) is 30.9. The number of alkyl halides is 7. The molecule has 6 aromatic heterocycles. The quantitative estimate of drug-likeness (QED) is 0.0174. The Kier molecular flexibility index (Phi) is 36.4. The van der Waals surface area contributed by atoms with Crippen LogP contribution in [-0.4, -0.2) is 223 Å². The van der Waals surface area contributed by atoms with E-state index in [0.717, 1.165) is 35.6 Å². The first-order chi connectivity index (χ1) is 60.5. The van der Waals surface area contributed by atoms with E-state index < -0.39 is 84.4 Å². The standard InChI is InChI=1S/C20H21FN2O4.C17H17FN2O3.C11H13FN2O2.C10H12ClFN2.C10H11FN2O2.C10H10O4.C7H6FNO2.C4H8FN.ClH/c1-20(2)26-16-7-3-6-15(17(16)19(24)27-20)25-12-13-5-4-9-22-18(13)23-10-8-14(21)11-23;18-13-6-8-20(9-13)17-12(3-2-7-19-17)11-23-16-5-1-4-15(22)14(16)10-21;1-16-11(15)9-3-2-5-13-10(9)14-6-4-8(12)7-14;11-6-8-2-1-4-13-10(8)14-5-3-9(12)7-14;11-7-3-5-13(6-7)9-8(10(14)15)2-1-4-12-9;1-10(2)13-7-5-3-4-6(11)8(7)9(12)14-10;1-11-7(10)5-3-2-4-9-6(5)8;5-4-1-2-6-3-4;/h3-7,9,14H,8,10-12H2,1-2H3;1-5,7,10,13,22H,6,8-9,11H2;2-3,5,8H,4,6-7H2,1H3;1-2,4,9H,3,5-7H2;1-2,4,7H,3,5-6H2,(H,14,15);3-5,11H,1-2H3;2-4H,1H3;4,6H,1-3H2;1H/t14-;13-;8-;9-;7-;;;4-;/m00000..0./s1. The zero-order valence-electron chi connectivity index (χ0n) is 70.4. The van der Waals surface area contributed by atoms with Crippen LogP contribution in [0.5, 0.6) is 34.5 Å². The van der Waals surface area contributed by atoms with Crippen molar-refractivity contribution >= 4 is 89.2 Å². The number of rotatable bonds is 16. The second-order valence-electron chi connectivity index (χ2n) is 30.2. The van der Waals surface area contributed by atoms with Crippen molar-refractivity contribution in [1.82, 2.24) is 35.2 Å². The highest BCUT2D eigenvalue weighted by Gasteiger charge is 2.39. The van der Waals surface area contributed by atoms with Gasteiger partial charge in [0.15, 0.2) is 6.29 Å². The molecule has 0 amide bonds. The Labute approximate surface area is 739 Å². The summed E-state index contributed by atoms with van der Waals surface area (Å²) in [6, 6.07) is 34.7. The van der Waals surface area contributed by atoms with E-state index in [1.807, 2.05) is 45.0 Å². The number of hydrogen-bond acceptors (Lipinski definition) is 28. The molecule has 0 unspecified atom stereocenters. The maximum absolute atomic E-state index is 13.6. The number of cyclic esters (lactones) is 2. The maximum Gasteiger partial charge on any atom is 0.349 e. The number of aromatic carboxylic acids is 1. The number of esters is 4. The van der Waals surface area contributed by atoms with Crippen LogP contribution < -0.4 is 48.8 Å². The summed E-state index contributed by atoms with van der Waals surface area (Å²) in [4.78, 5) is 102. The second-order valence-corrected chi connectivity index (χ2v) is 30.4. The van der Waals surface area contributed by atoms with Gasteiger partial charge in [-0.1, -0.05) is 36.4 Å². The molecule has 6 atom stereocenters. The molecule has 6 saturated heterocycles. The number of nitrogens with zero attached hydrogens (tertiary/aromatic N) is 11. The van der Waals surface area contributed by atoms with Crippen molar-refractivity contribution in [2.24, 2.45) is 0 Å². The van der Waals surface area contributed by atoms with Gasteiger partial charge >= 0.3 is 29.8 Å². The highest BCUT2D eigenvalue weighted by Crippen LogP contribution is 2.40. The van der Waals surface area contributed by atoms with Gasteiger partial charge in [-0.2, -0.15) is 4.39 Å². The lowest BCUT2D eigenvalue weighted by Crippen LogP contribution is -2.39. The summed E-state index contributed by atoms with van der Waals surface area (Å²) >= 11 is 5.79. The summed E-state index contributed by atoms with van der Waals surface area (Å²) in [6.45, 7) is 13.2. The van der Waals surface area contributed by atoms with Crippen molar-refractivity contribution in [2.45, 2.75) is 134 Å². The molecule has 0 bridgehead atoms. The molecule has 17 rings (SSSR count). The van der Waals surface area contributed by atoms with Gasteiger partial charge < -0.3 is 83.0 Å². The molecule has 14 heterocycles. The summed E-state index contributed by atoms with van der Waals surface area (Å²) in [5.41, 5.74) is 3.46. The van der Waals surface area contributed by atoms with Crippen LogP contribution in [-0.2, 0) is 38.0 Å². The van der Waals surface area contributed by atoms with Gasteiger partial charge in [0.25, 0.3) is 0 Å². The number of aromatic nitrogens is 6. The molecule has 3 aromatic carbocycles. The molecule has 4 N–H and O–H groups in total. The molecule has 9 aromatic rings. The lowest BCUT2D eigenvalue weighted by Gasteiger charge is -2.32. The first kappa shape index (κ1) is 98.2. The molecular weight excluding hydrogens is 1710 g/mol. The van der Waals surface area contributed by atoms with Gasteiger partial charge in [-0.05, 0) is 136 Å². The Morgan fingerprint density at radius 3 is 1.26 bits per heavy atom. The molecule has 0 saturated carbocycles. The van der Waals surface area contributed by atoms with Gasteiger partial charge in [0, 0.05) is 121 Å². The number of carbonyl (C=O) groups is 6. The summed E-state index contributed by atoms with van der Waals surface area (Å²) in [6.07, 6.45) is 8.55. The number of phenols is 2. The van der Waals surface area contributed by atoms with Gasteiger partial charge in [-0.25, -0.2) is 80.2 Å². The number of methoxy groups -OCH3 is 2. The number of nitrogens with one attached hydrogen (secondary N) is 1. The number of phenolic OH excluding ortho intramolecular Hbond substituents is 2. The third kappa shape index (κ3) is 27.7. The molecule has 127 heavy (non-hydrogen) atoms. The molecule has 29 nitrogen and oxygen atoms in total. The number of anilines is 5. The number of pyridine rings is 6. The van der Waals surface area contributed by atoms with E-state index >= 15 is 0 Å². The number of hydrogen-bond donors (Lipinski definition) is 4. The Morgan fingerprint density at radius 2 is 0.843 bits per heavy atom. The Bertz CT molecular complexity index is 5180. The molecular formula is C89H99Cl2F7N12O17. The van der Waals surface area contributed by atoms with E-state index in [9.17, 15) is 69.7 Å². The first-order valence-corrected chi connectivity index (χ1v) is 40.9. The normalized spacial score (nSPS) is 19.2. The van der Waals surface area contributed by atoms with Crippen LogP contribution in [0.15, 0.2) is 165 Å². The largest absolute Gasteiger partial charge is 0.507 e. The van der Waals surface area contributed by atoms with E-state index in [4.69, 9.17) is 45.1 Å². The zero-order valence-corrected chi connectivity index (χ0v) is 72.0. The monoisotopic (exact) mass is 1810 g/mol. The number of benzene rings is 3. The average molecular weight is 1810 g/mol. The smallest absolute Gasteiger partial charge is 0.349 e. The fourth-order valence-corrected chi connectivity index (χ4v) is 14.2. The van der Waals surface area contributed by atoms with Gasteiger partial charge in [-0.15, -0.1) is 24.0 Å². The molecule has 0 spiro atoms. The minimum Gasteiger partial charge on any atom is -0.507 e. The third-order valence-corrected chi connectivity index (χ3v) is 20.3. The van der Waals surface area contributed by atoms with Gasteiger partial charge in [0.2, 0.25) is 17.5 Å². The lowest BCUT2D eigenvalue weighted by atomic mass is 10.1. The van der Waals surface area contributed by atoms with Crippen LogP contribution in [0.4, 0.5) is 59.8 Å². The summed E-state index contributed by atoms with van der Waals surface area (Å²) in [7, 11) is 2.51. The predicted octanol–water partition coefficient (Wildman–Crippen LogP) is 14.8. The number of carbonyl (C=O) groups excluding carboxylic acids is 5. The van der Waals surface area contributed by atoms with Crippen molar-refractivity contribution in [2.75, 3.05) is 117 Å². The third-order valence-electron chi connectivity index (χ3n) is 20.0. The number of fused-ring (bicyclic) bond motifs is 2. The first-order valence-electron chi connectivity index (χ1n) is 40.4. The van der Waals surface area contributed by atoms with Crippen LogP contribution >= 0.6 is 24.0 Å². The number of halogens is 9. The minimum atomic E-state index is -1.03. The van der Waals surface area contributed by atoms with Crippen molar-refractivity contribution in [3.8, 4) is 34.5 Å². The van der Waals surface area contributed by atoms with Crippen molar-refractivity contribution in [1.29, 1.82) is 0 Å². The van der Waals surface area contributed by atoms with Crippen LogP contribution in [0.1, 0.15) is 145 Å². The highest BCUT2D eigenvalue weighted by atomic mass is 35.5. The number of aldehydes is 1. The fourth-order valence-electron chi connectivity index (χ4n) is 14.0. The molecule has 6 fully saturated rings. The molecule has 0 radical (unpaired) electrons. The van der Waals surface area contributed by atoms with Gasteiger partial charge in [0.05, 0.1) is 58.4 Å². The molecule has 8 aliphatic rings. The highest BCUT2D eigenvalue weighted by molar-refractivity contribution is 6.17. The average Bonchev–Trinajstić information content (AvgIpc) is 1.58. The SMILES string of the molecule is CC1(C)OC(=O)c2c(O)cccc2O1.CC1(C)OC(=O)c2c(OCc3cccnc3N3CC[C@H](F)C3)cccc2O1.COC(=O)c1cccnc1F.COC(=O)c1cccnc1N1CC[C@H](F)C1.Cl.F[C@H]1CCN(c2ncccc2CCl)C1.F[C@H]1CCNC1.O=C(O)c1cccnc1N1CC[C@H](F)C1.O=Cc1c(O)cccc1OCc1cccnc1N1CC[C@H](F)C1. The molecule has 38 heteroatoms. The molecule has 8 aliphatic heterocycles. The van der Waals surface area contributed by atoms with Crippen LogP contribution in [0.25, 0.3) is 0 Å². The number of aromatic hydroxyl groups is 2. The van der Waals surface area contributed by atoms with E-state index in [2.05, 4.69) is 44.7 Å². The minimum absolute atomic E-state index is 0. The van der Waals surface area contributed by atoms with Crippen molar-refractivity contribution in [3.05, 3.63) is 221 Å². The Morgan fingerprint density at radius 1 is 0.472 bits per heavy atom. The second kappa shape index (κ2) is 47.1. The summed E-state index contributed by atoms with van der Waals surface area (Å²) in [5.74, 6) is -1.25. The van der Waals surface area contributed by atoms with E-state index in [1.165, 1.54) is 56.9 Å². The zero-order chi connectivity index (χ0) is 90.6.